The molecule has 0 aliphatic carbocycles. The summed E-state index contributed by atoms with van der Waals surface area (Å²) in [6, 6.07) is 0. The van der Waals surface area contributed by atoms with E-state index >= 15 is 0 Å². The lowest BCUT2D eigenvalue weighted by Gasteiger charge is -2.21. The van der Waals surface area contributed by atoms with Gasteiger partial charge in [-0.05, 0) is 37.5 Å². The molecule has 0 aromatic heterocycles. The van der Waals surface area contributed by atoms with Crippen LogP contribution in [-0.2, 0) is 65.4 Å². The van der Waals surface area contributed by atoms with Crippen LogP contribution in [0.4, 0.5) is 0 Å². The van der Waals surface area contributed by atoms with Gasteiger partial charge in [0.2, 0.25) is 0 Å². The summed E-state index contributed by atoms with van der Waals surface area (Å²) in [7, 11) is -9.91. The van der Waals surface area contributed by atoms with Crippen LogP contribution in [0.1, 0.15) is 388 Å². The van der Waals surface area contributed by atoms with Crippen LogP contribution in [0.15, 0.2) is 0 Å². The van der Waals surface area contributed by atoms with E-state index in [-0.39, 0.29) is 25.7 Å². The van der Waals surface area contributed by atoms with Gasteiger partial charge in [0, 0.05) is 25.7 Å². The number of rotatable bonds is 74. The summed E-state index contributed by atoms with van der Waals surface area (Å²) in [5.41, 5.74) is 0. The standard InChI is InChI=1S/C75H146O17P2/c1-7-10-12-14-16-18-20-22-24-25-26-27-28-30-32-34-39-47-53-59-74(79)91-70(63-85-72(77)57-51-45-38-33-31-29-23-21-19-17-15-13-11-8-2)65-89-93(81,82)87-61-69(76)62-88-94(83,84)90-66-71(64-86-73(78)58-52-46-42-41-44-50-56-68(6)9-3)92-75(80)60-54-48-40-36-35-37-43-49-55-67(4)5/h67-71,76H,7-66H2,1-6H3,(H,81,82)(H,83,84)/t68?,69-,70-,71-/m1/s1. The van der Waals surface area contributed by atoms with E-state index in [1.807, 2.05) is 0 Å². The lowest BCUT2D eigenvalue weighted by atomic mass is 10.00. The molecular weight excluding hydrogens is 1230 g/mol. The molecule has 3 N–H and O–H groups in total. The normalized spacial score (nSPS) is 14.3. The average Bonchev–Trinajstić information content (AvgIpc) is 2.77. The second kappa shape index (κ2) is 66.9. The number of hydrogen-bond acceptors (Lipinski definition) is 15. The number of phosphoric ester groups is 2. The number of esters is 4. The molecule has 3 unspecified atom stereocenters. The summed E-state index contributed by atoms with van der Waals surface area (Å²) in [5, 5.41) is 10.6. The highest BCUT2D eigenvalue weighted by atomic mass is 31.2. The van der Waals surface area contributed by atoms with Crippen LogP contribution in [0.25, 0.3) is 0 Å². The Balaban J connectivity index is 5.23. The third-order valence-corrected chi connectivity index (χ3v) is 19.7. The van der Waals surface area contributed by atoms with Gasteiger partial charge in [-0.1, -0.05) is 337 Å². The lowest BCUT2D eigenvalue weighted by Crippen LogP contribution is -2.30. The molecule has 0 amide bonds. The number of carbonyl (C=O) groups excluding carboxylic acids is 4. The zero-order chi connectivity index (χ0) is 69.3. The number of phosphoric acid groups is 2. The fourth-order valence-electron chi connectivity index (χ4n) is 11.4. The van der Waals surface area contributed by atoms with Crippen molar-refractivity contribution in [2.24, 2.45) is 11.8 Å². The first-order valence-electron chi connectivity index (χ1n) is 39.0. The summed E-state index contributed by atoms with van der Waals surface area (Å²) in [6.45, 7) is 9.51. The predicted octanol–water partition coefficient (Wildman–Crippen LogP) is 21.9. The van der Waals surface area contributed by atoms with Gasteiger partial charge in [0.25, 0.3) is 0 Å². The first kappa shape index (κ1) is 92.1. The number of aliphatic hydroxyl groups excluding tert-OH is 1. The van der Waals surface area contributed by atoms with Crippen molar-refractivity contribution in [3.05, 3.63) is 0 Å². The maximum Gasteiger partial charge on any atom is 0.472 e. The van der Waals surface area contributed by atoms with Gasteiger partial charge in [-0.2, -0.15) is 0 Å². The number of aliphatic hydroxyl groups is 1. The van der Waals surface area contributed by atoms with Gasteiger partial charge in [-0.15, -0.1) is 0 Å². The van der Waals surface area contributed by atoms with E-state index in [0.29, 0.717) is 25.7 Å². The maximum absolute atomic E-state index is 13.1. The van der Waals surface area contributed by atoms with Gasteiger partial charge in [0.15, 0.2) is 12.2 Å². The van der Waals surface area contributed by atoms with E-state index < -0.39 is 97.5 Å². The van der Waals surface area contributed by atoms with Crippen molar-refractivity contribution in [2.75, 3.05) is 39.6 Å². The zero-order valence-electron chi connectivity index (χ0n) is 61.3. The minimum absolute atomic E-state index is 0.104. The van der Waals surface area contributed by atoms with Crippen LogP contribution < -0.4 is 0 Å². The molecule has 94 heavy (non-hydrogen) atoms. The Labute approximate surface area is 575 Å². The molecule has 6 atom stereocenters. The van der Waals surface area contributed by atoms with Crippen molar-refractivity contribution >= 4 is 39.5 Å². The SMILES string of the molecule is CCCCCCCCCCCCCCCCCCCCCC(=O)O[C@H](COC(=O)CCCCCCCCCCCCCCCC)COP(=O)(O)OC[C@@H](O)COP(=O)(O)OC[C@@H](COC(=O)CCCCCCCCC(C)CC)OC(=O)CCCCCCCCCCC(C)C. The van der Waals surface area contributed by atoms with Crippen LogP contribution >= 0.6 is 15.6 Å². The van der Waals surface area contributed by atoms with E-state index in [1.165, 1.54) is 199 Å². The Kier molecular flexibility index (Phi) is 65.5. The first-order valence-corrected chi connectivity index (χ1v) is 42.0. The van der Waals surface area contributed by atoms with Crippen LogP contribution in [-0.4, -0.2) is 96.7 Å². The van der Waals surface area contributed by atoms with Gasteiger partial charge in [-0.25, -0.2) is 9.13 Å². The third kappa shape index (κ3) is 67.3. The highest BCUT2D eigenvalue weighted by Gasteiger charge is 2.30. The quantitative estimate of drug-likeness (QED) is 0.0222. The molecule has 0 heterocycles. The van der Waals surface area contributed by atoms with Gasteiger partial charge >= 0.3 is 39.5 Å². The fourth-order valence-corrected chi connectivity index (χ4v) is 13.0. The molecule has 0 saturated heterocycles. The van der Waals surface area contributed by atoms with Gasteiger partial charge < -0.3 is 33.8 Å². The Morgan fingerprint density at radius 2 is 0.543 bits per heavy atom. The van der Waals surface area contributed by atoms with Crippen molar-refractivity contribution < 1.29 is 80.2 Å². The van der Waals surface area contributed by atoms with Crippen LogP contribution in [0.2, 0.25) is 0 Å². The second-order valence-corrected chi connectivity index (χ2v) is 30.7. The molecule has 0 aromatic carbocycles. The zero-order valence-corrected chi connectivity index (χ0v) is 63.1. The van der Waals surface area contributed by atoms with E-state index in [4.69, 9.17) is 37.0 Å². The molecule has 0 aromatic rings. The van der Waals surface area contributed by atoms with Crippen molar-refractivity contribution in [3.8, 4) is 0 Å². The molecule has 0 rings (SSSR count). The molecular formula is C75H146O17P2. The predicted molar refractivity (Wildman–Crippen MR) is 381 cm³/mol. The smallest absolute Gasteiger partial charge is 0.462 e. The third-order valence-electron chi connectivity index (χ3n) is 17.8. The van der Waals surface area contributed by atoms with E-state index in [9.17, 15) is 43.2 Å². The molecule has 17 nitrogen and oxygen atoms in total. The average molecular weight is 1380 g/mol. The molecule has 0 spiro atoms. The summed E-state index contributed by atoms with van der Waals surface area (Å²) >= 11 is 0. The number of unbranched alkanes of at least 4 members (excludes halogenated alkanes) is 43. The summed E-state index contributed by atoms with van der Waals surface area (Å²) in [4.78, 5) is 72.7. The van der Waals surface area contributed by atoms with Crippen molar-refractivity contribution in [2.45, 2.75) is 407 Å². The highest BCUT2D eigenvalue weighted by Crippen LogP contribution is 2.45. The largest absolute Gasteiger partial charge is 0.472 e. The number of hydrogen-bond donors (Lipinski definition) is 3. The molecule has 0 bridgehead atoms. The Hall–Kier alpha value is -1.94. The Morgan fingerprint density at radius 1 is 0.309 bits per heavy atom. The molecule has 19 heteroatoms. The van der Waals surface area contributed by atoms with E-state index in [2.05, 4.69) is 41.5 Å². The van der Waals surface area contributed by atoms with Crippen molar-refractivity contribution in [3.63, 3.8) is 0 Å². The summed E-state index contributed by atoms with van der Waals surface area (Å²) in [6.07, 6.45) is 54.2. The molecule has 0 radical (unpaired) electrons. The van der Waals surface area contributed by atoms with Gasteiger partial charge in [-0.3, -0.25) is 37.3 Å². The van der Waals surface area contributed by atoms with Crippen molar-refractivity contribution in [1.82, 2.24) is 0 Å². The van der Waals surface area contributed by atoms with Crippen molar-refractivity contribution in [1.29, 1.82) is 0 Å². The first-order chi connectivity index (χ1) is 45.4. The molecule has 0 saturated carbocycles. The van der Waals surface area contributed by atoms with Gasteiger partial charge in [0.05, 0.1) is 26.4 Å². The number of carbonyl (C=O) groups is 4. The fraction of sp³-hybridized carbons (Fsp3) is 0.947. The van der Waals surface area contributed by atoms with E-state index in [1.54, 1.807) is 0 Å². The second-order valence-electron chi connectivity index (χ2n) is 27.8. The molecule has 0 aliphatic rings. The highest BCUT2D eigenvalue weighted by molar-refractivity contribution is 7.47. The Morgan fingerprint density at radius 3 is 0.809 bits per heavy atom. The Bertz CT molecular complexity index is 1820. The van der Waals surface area contributed by atoms with Crippen LogP contribution in [0.5, 0.6) is 0 Å². The topological polar surface area (TPSA) is 237 Å². The minimum atomic E-state index is -4.96. The monoisotopic (exact) mass is 1380 g/mol. The molecule has 0 aliphatic heterocycles. The molecule has 558 valence electrons. The summed E-state index contributed by atoms with van der Waals surface area (Å²) < 4.78 is 68.5. The summed E-state index contributed by atoms with van der Waals surface area (Å²) in [5.74, 6) is -0.670. The minimum Gasteiger partial charge on any atom is -0.462 e. The molecule has 0 fully saturated rings. The van der Waals surface area contributed by atoms with Crippen LogP contribution in [0.3, 0.4) is 0 Å². The lowest BCUT2D eigenvalue weighted by molar-refractivity contribution is -0.161. The number of ether oxygens (including phenoxy) is 4. The maximum atomic E-state index is 13.1. The van der Waals surface area contributed by atoms with Crippen LogP contribution in [0, 0.1) is 11.8 Å². The van der Waals surface area contributed by atoms with E-state index in [0.717, 1.165) is 108 Å². The van der Waals surface area contributed by atoms with Gasteiger partial charge in [0.1, 0.15) is 19.3 Å².